The minimum absolute atomic E-state index is 0.388. The van der Waals surface area contributed by atoms with E-state index in [0.29, 0.717) is 6.04 Å². The van der Waals surface area contributed by atoms with Gasteiger partial charge in [0.15, 0.2) is 0 Å². The molecule has 3 nitrogen and oxygen atoms in total. The minimum atomic E-state index is 0.388. The van der Waals surface area contributed by atoms with Gasteiger partial charge >= 0.3 is 0 Å². The molecule has 0 amide bonds. The first-order chi connectivity index (χ1) is 8.15. The van der Waals surface area contributed by atoms with Gasteiger partial charge in [-0.25, -0.2) is 0 Å². The van der Waals surface area contributed by atoms with Crippen molar-refractivity contribution in [3.05, 3.63) is 20.6 Å². The van der Waals surface area contributed by atoms with Crippen LogP contribution in [0.5, 0.6) is 0 Å². The largest absolute Gasteiger partial charge is 0.355 e. The molecule has 2 aromatic heterocycles. The highest BCUT2D eigenvalue weighted by molar-refractivity contribution is 9.10. The van der Waals surface area contributed by atoms with Crippen molar-refractivity contribution in [2.45, 2.75) is 6.04 Å². The van der Waals surface area contributed by atoms with Crippen LogP contribution >= 0.6 is 38.9 Å². The second-order valence-electron chi connectivity index (χ2n) is 4.42. The lowest BCUT2D eigenvalue weighted by Crippen LogP contribution is -2.43. The van der Waals surface area contributed by atoms with E-state index in [1.54, 1.807) is 11.3 Å². The Hall–Kier alpha value is -0.0700. The summed E-state index contributed by atoms with van der Waals surface area (Å²) < 4.78 is 3.01. The Morgan fingerprint density at radius 1 is 1.59 bits per heavy atom. The summed E-state index contributed by atoms with van der Waals surface area (Å²) in [6, 6.07) is 2.59. The molecule has 0 radical (unpaired) electrons. The van der Waals surface area contributed by atoms with Crippen molar-refractivity contribution in [2.24, 2.45) is 0 Å². The summed E-state index contributed by atoms with van der Waals surface area (Å²) in [7, 11) is 2.16. The number of H-pyrrole nitrogens is 1. The van der Waals surface area contributed by atoms with E-state index in [1.807, 2.05) is 0 Å². The maximum absolute atomic E-state index is 6.08. The van der Waals surface area contributed by atoms with E-state index in [4.69, 9.17) is 11.6 Å². The fourth-order valence-corrected chi connectivity index (χ4v) is 4.09. The standard InChI is InChI=1S/C11H13BrClN3S/c1-16-3-2-14-7(5-16)6-4-8-10(15-6)9(12)11(13)17-8/h4,7,14-15H,2-3,5H2,1H3. The zero-order valence-corrected chi connectivity index (χ0v) is 12.5. The summed E-state index contributed by atoms with van der Waals surface area (Å²) in [5.74, 6) is 0. The molecule has 1 unspecified atom stereocenters. The number of rotatable bonds is 1. The minimum Gasteiger partial charge on any atom is -0.355 e. The number of aromatic nitrogens is 1. The average molecular weight is 335 g/mol. The molecule has 1 aliphatic rings. The van der Waals surface area contributed by atoms with Gasteiger partial charge in [0.25, 0.3) is 0 Å². The zero-order chi connectivity index (χ0) is 12.0. The van der Waals surface area contributed by atoms with Gasteiger partial charge in [-0.1, -0.05) is 11.6 Å². The van der Waals surface area contributed by atoms with Crippen LogP contribution < -0.4 is 5.32 Å². The first-order valence-corrected chi connectivity index (χ1v) is 7.52. The van der Waals surface area contributed by atoms with Gasteiger partial charge in [-0.15, -0.1) is 11.3 Å². The number of hydrogen-bond acceptors (Lipinski definition) is 3. The van der Waals surface area contributed by atoms with Gasteiger partial charge in [-0.05, 0) is 29.0 Å². The third kappa shape index (κ3) is 2.15. The Labute approximate surface area is 117 Å². The smallest absolute Gasteiger partial charge is 0.110 e. The van der Waals surface area contributed by atoms with Crippen LogP contribution in [0.2, 0.25) is 4.34 Å². The molecule has 1 fully saturated rings. The monoisotopic (exact) mass is 333 g/mol. The first-order valence-electron chi connectivity index (χ1n) is 5.53. The van der Waals surface area contributed by atoms with E-state index in [-0.39, 0.29) is 0 Å². The highest BCUT2D eigenvalue weighted by Gasteiger charge is 2.21. The Bertz CT molecular complexity index is 550. The number of halogens is 2. The molecule has 0 spiro atoms. The van der Waals surface area contributed by atoms with Gasteiger partial charge < -0.3 is 15.2 Å². The predicted octanol–water partition coefficient (Wildman–Crippen LogP) is 3.22. The highest BCUT2D eigenvalue weighted by atomic mass is 79.9. The van der Waals surface area contributed by atoms with Crippen molar-refractivity contribution in [1.82, 2.24) is 15.2 Å². The Balaban J connectivity index is 1.95. The Morgan fingerprint density at radius 2 is 2.41 bits per heavy atom. The summed E-state index contributed by atoms with van der Waals surface area (Å²) in [5.41, 5.74) is 2.36. The lowest BCUT2D eigenvalue weighted by molar-refractivity contribution is 0.239. The lowest BCUT2D eigenvalue weighted by atomic mass is 10.1. The van der Waals surface area contributed by atoms with Crippen LogP contribution in [0.15, 0.2) is 10.5 Å². The summed E-state index contributed by atoms with van der Waals surface area (Å²) in [5, 5.41) is 3.53. The fourth-order valence-electron chi connectivity index (χ4n) is 2.23. The van der Waals surface area contributed by atoms with Crippen LogP contribution in [0.25, 0.3) is 10.2 Å². The van der Waals surface area contributed by atoms with Gasteiger partial charge in [0.1, 0.15) is 4.34 Å². The third-order valence-electron chi connectivity index (χ3n) is 3.15. The van der Waals surface area contributed by atoms with Crippen molar-refractivity contribution < 1.29 is 0 Å². The molecule has 0 aromatic carbocycles. The number of fused-ring (bicyclic) bond motifs is 1. The van der Waals surface area contributed by atoms with Gasteiger partial charge in [-0.3, -0.25) is 0 Å². The van der Waals surface area contributed by atoms with Gasteiger partial charge in [0.05, 0.1) is 20.7 Å². The molecule has 0 bridgehead atoms. The summed E-state index contributed by atoms with van der Waals surface area (Å²) in [6.45, 7) is 3.19. The summed E-state index contributed by atoms with van der Waals surface area (Å²) in [6.07, 6.45) is 0. The molecule has 0 aliphatic carbocycles. The summed E-state index contributed by atoms with van der Waals surface area (Å²) >= 11 is 11.2. The van der Waals surface area contributed by atoms with Crippen molar-refractivity contribution in [1.29, 1.82) is 0 Å². The SMILES string of the molecule is CN1CCNC(c2cc3sc(Cl)c(Br)c3[nH]2)C1. The topological polar surface area (TPSA) is 31.1 Å². The molecule has 6 heteroatoms. The molecule has 2 N–H and O–H groups in total. The molecular weight excluding hydrogens is 322 g/mol. The summed E-state index contributed by atoms with van der Waals surface area (Å²) in [4.78, 5) is 5.81. The van der Waals surface area contributed by atoms with E-state index in [1.165, 1.54) is 10.4 Å². The lowest BCUT2D eigenvalue weighted by Gasteiger charge is -2.30. The molecule has 3 heterocycles. The van der Waals surface area contributed by atoms with Crippen LogP contribution in [-0.2, 0) is 0 Å². The van der Waals surface area contributed by atoms with Gasteiger partial charge in [0, 0.05) is 25.3 Å². The molecule has 2 aromatic rings. The molecule has 92 valence electrons. The number of aromatic amines is 1. The maximum Gasteiger partial charge on any atom is 0.110 e. The van der Waals surface area contributed by atoms with E-state index in [0.717, 1.165) is 34.0 Å². The van der Waals surface area contributed by atoms with E-state index in [9.17, 15) is 0 Å². The first kappa shape index (κ1) is 12.0. The van der Waals surface area contributed by atoms with E-state index >= 15 is 0 Å². The van der Waals surface area contributed by atoms with Crippen molar-refractivity contribution in [2.75, 3.05) is 26.7 Å². The van der Waals surface area contributed by atoms with Crippen molar-refractivity contribution in [3.63, 3.8) is 0 Å². The zero-order valence-electron chi connectivity index (χ0n) is 9.39. The fraction of sp³-hybridized carbons (Fsp3) is 0.455. The van der Waals surface area contributed by atoms with E-state index < -0.39 is 0 Å². The van der Waals surface area contributed by atoms with Crippen LogP contribution in [0, 0.1) is 0 Å². The van der Waals surface area contributed by atoms with Crippen molar-refractivity contribution >= 4 is 49.1 Å². The normalized spacial score (nSPS) is 22.4. The Morgan fingerprint density at radius 3 is 3.12 bits per heavy atom. The quantitative estimate of drug-likeness (QED) is 0.839. The molecule has 1 aliphatic heterocycles. The van der Waals surface area contributed by atoms with Crippen LogP contribution in [0.1, 0.15) is 11.7 Å². The number of thiophene rings is 1. The molecular formula is C11H13BrClN3S. The molecule has 17 heavy (non-hydrogen) atoms. The number of hydrogen-bond donors (Lipinski definition) is 2. The van der Waals surface area contributed by atoms with Gasteiger partial charge in [-0.2, -0.15) is 0 Å². The molecule has 1 saturated heterocycles. The molecule has 3 rings (SSSR count). The second-order valence-corrected chi connectivity index (χ2v) is 6.87. The van der Waals surface area contributed by atoms with Crippen LogP contribution in [0.4, 0.5) is 0 Å². The maximum atomic E-state index is 6.08. The highest BCUT2D eigenvalue weighted by Crippen LogP contribution is 2.40. The number of likely N-dealkylation sites (N-methyl/N-ethyl adjacent to an activating group) is 1. The van der Waals surface area contributed by atoms with Crippen LogP contribution in [-0.4, -0.2) is 36.6 Å². The number of nitrogens with zero attached hydrogens (tertiary/aromatic N) is 1. The van der Waals surface area contributed by atoms with Gasteiger partial charge in [0.2, 0.25) is 0 Å². The molecule has 1 atom stereocenters. The third-order valence-corrected chi connectivity index (χ3v) is 5.78. The second kappa shape index (κ2) is 4.55. The predicted molar refractivity (Wildman–Crippen MR) is 77.1 cm³/mol. The Kier molecular flexibility index (Phi) is 3.21. The number of piperazine rings is 1. The van der Waals surface area contributed by atoms with Crippen LogP contribution in [0.3, 0.4) is 0 Å². The van der Waals surface area contributed by atoms with E-state index in [2.05, 4.69) is 44.2 Å². The average Bonchev–Trinajstić information content (AvgIpc) is 2.81. The van der Waals surface area contributed by atoms with Crippen molar-refractivity contribution in [3.8, 4) is 0 Å². The molecule has 0 saturated carbocycles. The number of nitrogens with one attached hydrogen (secondary N) is 2.